The maximum atomic E-state index is 10.6. The van der Waals surface area contributed by atoms with Gasteiger partial charge in [-0.25, -0.2) is 0 Å². The first-order valence-electron chi connectivity index (χ1n) is 5.73. The quantitative estimate of drug-likeness (QED) is 0.292. The van der Waals surface area contributed by atoms with Gasteiger partial charge in [-0.1, -0.05) is 12.2 Å². The highest BCUT2D eigenvalue weighted by atomic mass is 32.2. The Morgan fingerprint density at radius 2 is 1.94 bits per heavy atom. The molecule has 0 aromatic heterocycles. The highest BCUT2D eigenvalue weighted by Gasteiger charge is 2.16. The lowest BCUT2D eigenvalue weighted by Gasteiger charge is -2.29. The zero-order chi connectivity index (χ0) is 13.4. The molecule has 0 spiro atoms. The maximum Gasteiger partial charge on any atom is 0.265 e. The zero-order valence-corrected chi connectivity index (χ0v) is 11.7. The van der Waals surface area contributed by atoms with Crippen LogP contribution in [0, 0.1) is 0 Å². The molecule has 0 fully saturated rings. The minimum absolute atomic E-state index is 0.173. The van der Waals surface area contributed by atoms with Gasteiger partial charge >= 0.3 is 0 Å². The van der Waals surface area contributed by atoms with Crippen molar-refractivity contribution in [2.24, 2.45) is 0 Å². The molecule has 0 aromatic carbocycles. The molecule has 0 aliphatic carbocycles. The number of likely N-dealkylation sites (N-methyl/N-ethyl adjacent to an activating group) is 1. The summed E-state index contributed by atoms with van der Waals surface area (Å²) < 4.78 is 35.8. The van der Waals surface area contributed by atoms with E-state index in [0.29, 0.717) is 30.7 Å². The standard InChI is InChI=1S/C11H23NO4S/c1-4-5-9-16-10-8-12(2,3)7-6-11-17(13,14)15/h4-5H,6-11H2,1-3H3/p+1. The first-order valence-corrected chi connectivity index (χ1v) is 7.34. The summed E-state index contributed by atoms with van der Waals surface area (Å²) >= 11 is 0. The molecule has 6 heteroatoms. The third-order valence-corrected chi connectivity index (χ3v) is 3.26. The lowest BCUT2D eigenvalue weighted by Crippen LogP contribution is -2.43. The van der Waals surface area contributed by atoms with Gasteiger partial charge in [0.15, 0.2) is 0 Å². The van der Waals surface area contributed by atoms with Gasteiger partial charge in [-0.05, 0) is 6.92 Å². The Kier molecular flexibility index (Phi) is 7.61. The molecule has 0 atom stereocenters. The topological polar surface area (TPSA) is 63.6 Å². The van der Waals surface area contributed by atoms with Crippen molar-refractivity contribution in [1.29, 1.82) is 0 Å². The predicted octanol–water partition coefficient (Wildman–Crippen LogP) is 0.933. The lowest BCUT2D eigenvalue weighted by atomic mass is 10.3. The second-order valence-corrected chi connectivity index (χ2v) is 6.24. The summed E-state index contributed by atoms with van der Waals surface area (Å²) in [7, 11) is 0.204. The number of ether oxygens (including phenoxy) is 1. The lowest BCUT2D eigenvalue weighted by molar-refractivity contribution is -0.890. The average molecular weight is 266 g/mol. The van der Waals surface area contributed by atoms with Crippen molar-refractivity contribution >= 4 is 10.1 Å². The molecule has 0 amide bonds. The summed E-state index contributed by atoms with van der Waals surface area (Å²) in [6.45, 7) is 4.72. The number of nitrogens with zero attached hydrogens (tertiary/aromatic N) is 1. The monoisotopic (exact) mass is 266 g/mol. The Balaban J connectivity index is 3.72. The fourth-order valence-corrected chi connectivity index (χ4v) is 1.84. The van der Waals surface area contributed by atoms with Gasteiger partial charge in [-0.3, -0.25) is 4.55 Å². The van der Waals surface area contributed by atoms with Crippen LogP contribution in [0.15, 0.2) is 12.2 Å². The SMILES string of the molecule is CC=CCOCC[N+](C)(C)CCCS(=O)(=O)O. The van der Waals surface area contributed by atoms with Crippen molar-refractivity contribution in [3.05, 3.63) is 12.2 Å². The van der Waals surface area contributed by atoms with Gasteiger partial charge in [0.25, 0.3) is 10.1 Å². The minimum Gasteiger partial charge on any atom is -0.372 e. The van der Waals surface area contributed by atoms with E-state index in [1.54, 1.807) is 0 Å². The Morgan fingerprint density at radius 1 is 1.29 bits per heavy atom. The van der Waals surface area contributed by atoms with E-state index in [2.05, 4.69) is 0 Å². The smallest absolute Gasteiger partial charge is 0.265 e. The molecule has 1 N–H and O–H groups in total. The molecule has 0 saturated heterocycles. The molecule has 0 radical (unpaired) electrons. The number of allylic oxidation sites excluding steroid dienone is 1. The van der Waals surface area contributed by atoms with E-state index < -0.39 is 10.1 Å². The van der Waals surface area contributed by atoms with Crippen LogP contribution in [0.3, 0.4) is 0 Å². The highest BCUT2D eigenvalue weighted by Crippen LogP contribution is 2.01. The van der Waals surface area contributed by atoms with Gasteiger partial charge < -0.3 is 9.22 Å². The van der Waals surface area contributed by atoms with E-state index in [-0.39, 0.29) is 5.75 Å². The van der Waals surface area contributed by atoms with Crippen LogP contribution in [0.2, 0.25) is 0 Å². The largest absolute Gasteiger partial charge is 0.372 e. The Hall–Kier alpha value is -0.430. The van der Waals surface area contributed by atoms with Crippen molar-refractivity contribution in [3.63, 3.8) is 0 Å². The molecule has 0 saturated carbocycles. The van der Waals surface area contributed by atoms with E-state index in [9.17, 15) is 8.42 Å². The van der Waals surface area contributed by atoms with Crippen LogP contribution < -0.4 is 0 Å². The summed E-state index contributed by atoms with van der Waals surface area (Å²) in [6, 6.07) is 0. The molecular formula is C11H24NO4S+. The van der Waals surface area contributed by atoms with Gasteiger partial charge in [-0.2, -0.15) is 8.42 Å². The van der Waals surface area contributed by atoms with Crippen LogP contribution in [-0.2, 0) is 14.9 Å². The van der Waals surface area contributed by atoms with Crippen molar-refractivity contribution in [3.8, 4) is 0 Å². The van der Waals surface area contributed by atoms with Gasteiger partial charge in [0, 0.05) is 6.42 Å². The number of hydrogen-bond donors (Lipinski definition) is 1. The molecule has 102 valence electrons. The molecule has 0 aromatic rings. The molecule has 0 rings (SSSR count). The van der Waals surface area contributed by atoms with Crippen LogP contribution in [0.25, 0.3) is 0 Å². The average Bonchev–Trinajstić information content (AvgIpc) is 2.14. The first-order chi connectivity index (χ1) is 7.77. The molecule has 0 heterocycles. The molecule has 0 aliphatic heterocycles. The van der Waals surface area contributed by atoms with Gasteiger partial charge in [0.05, 0.1) is 39.6 Å². The van der Waals surface area contributed by atoms with Crippen LogP contribution in [-0.4, -0.2) is 63.6 Å². The van der Waals surface area contributed by atoms with Crippen LogP contribution >= 0.6 is 0 Å². The first kappa shape index (κ1) is 16.6. The molecular weight excluding hydrogens is 242 g/mol. The third-order valence-electron chi connectivity index (χ3n) is 2.46. The summed E-state index contributed by atoms with van der Waals surface area (Å²) in [5.74, 6) is -0.173. The molecule has 0 bridgehead atoms. The maximum absolute atomic E-state index is 10.6. The van der Waals surface area contributed by atoms with Gasteiger partial charge in [-0.15, -0.1) is 0 Å². The van der Waals surface area contributed by atoms with Crippen molar-refractivity contribution < 1.29 is 22.2 Å². The van der Waals surface area contributed by atoms with Crippen LogP contribution in [0.1, 0.15) is 13.3 Å². The second kappa shape index (κ2) is 7.81. The van der Waals surface area contributed by atoms with Crippen LogP contribution in [0.5, 0.6) is 0 Å². The summed E-state index contributed by atoms with van der Waals surface area (Å²) in [6.07, 6.45) is 4.34. The Morgan fingerprint density at radius 3 is 2.47 bits per heavy atom. The number of rotatable bonds is 9. The fourth-order valence-electron chi connectivity index (χ4n) is 1.35. The molecule has 5 nitrogen and oxygen atoms in total. The van der Waals surface area contributed by atoms with Crippen molar-refractivity contribution in [2.45, 2.75) is 13.3 Å². The summed E-state index contributed by atoms with van der Waals surface area (Å²) in [5, 5.41) is 0. The highest BCUT2D eigenvalue weighted by molar-refractivity contribution is 7.85. The van der Waals surface area contributed by atoms with Crippen molar-refractivity contribution in [1.82, 2.24) is 0 Å². The summed E-state index contributed by atoms with van der Waals surface area (Å²) in [5.41, 5.74) is 0. The van der Waals surface area contributed by atoms with E-state index >= 15 is 0 Å². The normalized spacial score (nSPS) is 13.4. The fraction of sp³-hybridized carbons (Fsp3) is 0.818. The summed E-state index contributed by atoms with van der Waals surface area (Å²) in [4.78, 5) is 0. The zero-order valence-electron chi connectivity index (χ0n) is 10.9. The van der Waals surface area contributed by atoms with Gasteiger partial charge in [0.2, 0.25) is 0 Å². The number of quaternary nitrogens is 1. The molecule has 17 heavy (non-hydrogen) atoms. The van der Waals surface area contributed by atoms with Gasteiger partial charge in [0.1, 0.15) is 6.54 Å². The Bertz CT molecular complexity index is 322. The predicted molar refractivity (Wildman–Crippen MR) is 68.5 cm³/mol. The van der Waals surface area contributed by atoms with E-state index in [1.807, 2.05) is 33.2 Å². The Labute approximate surface area is 104 Å². The second-order valence-electron chi connectivity index (χ2n) is 4.67. The number of hydrogen-bond acceptors (Lipinski definition) is 3. The van der Waals surface area contributed by atoms with Crippen molar-refractivity contribution in [2.75, 3.05) is 46.2 Å². The molecule has 0 aliphatic rings. The molecule has 0 unspecified atom stereocenters. The van der Waals surface area contributed by atoms with E-state index in [1.165, 1.54) is 0 Å². The van der Waals surface area contributed by atoms with E-state index in [0.717, 1.165) is 6.54 Å². The minimum atomic E-state index is -3.83. The van der Waals surface area contributed by atoms with Crippen LogP contribution in [0.4, 0.5) is 0 Å². The third kappa shape index (κ3) is 11.8. The van der Waals surface area contributed by atoms with E-state index in [4.69, 9.17) is 9.29 Å².